The number of rotatable bonds is 4. The molecule has 13 heavy (non-hydrogen) atoms. The molecule has 1 rings (SSSR count). The highest BCUT2D eigenvalue weighted by Gasteiger charge is 1.99. The second-order valence-electron chi connectivity index (χ2n) is 2.73. The second-order valence-corrected chi connectivity index (χ2v) is 2.73. The molecule has 0 spiro atoms. The van der Waals surface area contributed by atoms with Crippen LogP contribution in [0.15, 0.2) is 18.3 Å². The lowest BCUT2D eigenvalue weighted by atomic mass is 10.1. The fraction of sp³-hybridized carbons (Fsp3) is 0.333. The van der Waals surface area contributed by atoms with Gasteiger partial charge in [0.1, 0.15) is 0 Å². The number of carboxylic acids is 1. The molecule has 1 heterocycles. The molecule has 4 heteroatoms. The molecule has 0 saturated carbocycles. The van der Waals surface area contributed by atoms with Crippen LogP contribution in [0, 0.1) is 5.95 Å². The van der Waals surface area contributed by atoms with Crippen molar-refractivity contribution in [2.75, 3.05) is 0 Å². The van der Waals surface area contributed by atoms with Gasteiger partial charge in [0, 0.05) is 12.6 Å². The molecule has 3 nitrogen and oxygen atoms in total. The number of halogens is 1. The quantitative estimate of drug-likeness (QED) is 0.722. The molecule has 0 aliphatic heterocycles. The number of aromatic nitrogens is 1. The Bertz CT molecular complexity index is 301. The molecular formula is C9H10FNO2. The smallest absolute Gasteiger partial charge is 0.303 e. The summed E-state index contributed by atoms with van der Waals surface area (Å²) in [7, 11) is 0. The molecule has 1 N–H and O–H groups in total. The minimum Gasteiger partial charge on any atom is -0.481 e. The molecule has 70 valence electrons. The number of nitrogens with zero attached hydrogens (tertiary/aromatic N) is 1. The molecule has 0 atom stereocenters. The summed E-state index contributed by atoms with van der Waals surface area (Å²) in [4.78, 5) is 13.6. The van der Waals surface area contributed by atoms with E-state index in [0.29, 0.717) is 12.8 Å². The number of hydrogen-bond acceptors (Lipinski definition) is 2. The standard InChI is InChI=1S/C9H10FNO2/c10-8-6-7(4-5-11-8)2-1-3-9(12)13/h4-6H,1-3H2,(H,12,13). The Balaban J connectivity index is 2.41. The van der Waals surface area contributed by atoms with Crippen molar-refractivity contribution in [3.63, 3.8) is 0 Å². The van der Waals surface area contributed by atoms with Gasteiger partial charge in [0.05, 0.1) is 0 Å². The lowest BCUT2D eigenvalue weighted by Crippen LogP contribution is -1.96. The zero-order valence-corrected chi connectivity index (χ0v) is 7.03. The maximum absolute atomic E-state index is 12.5. The zero-order chi connectivity index (χ0) is 9.68. The molecule has 0 amide bonds. The monoisotopic (exact) mass is 183 g/mol. The predicted molar refractivity (Wildman–Crippen MR) is 44.8 cm³/mol. The van der Waals surface area contributed by atoms with Crippen molar-refractivity contribution in [2.45, 2.75) is 19.3 Å². The molecule has 0 saturated heterocycles. The largest absolute Gasteiger partial charge is 0.481 e. The second kappa shape index (κ2) is 4.54. The maximum Gasteiger partial charge on any atom is 0.303 e. The Hall–Kier alpha value is -1.45. The summed E-state index contributed by atoms with van der Waals surface area (Å²) in [6, 6.07) is 3.01. The van der Waals surface area contributed by atoms with Gasteiger partial charge in [0.25, 0.3) is 0 Å². The number of pyridine rings is 1. The van der Waals surface area contributed by atoms with Crippen LogP contribution in [0.25, 0.3) is 0 Å². The van der Waals surface area contributed by atoms with Crippen LogP contribution in [-0.2, 0) is 11.2 Å². The van der Waals surface area contributed by atoms with Crippen molar-refractivity contribution in [2.24, 2.45) is 0 Å². The number of carboxylic acid groups (broad SMARTS) is 1. The van der Waals surface area contributed by atoms with E-state index in [1.807, 2.05) is 0 Å². The maximum atomic E-state index is 12.5. The van der Waals surface area contributed by atoms with Crippen molar-refractivity contribution >= 4 is 5.97 Å². The molecular weight excluding hydrogens is 173 g/mol. The van der Waals surface area contributed by atoms with Gasteiger partial charge >= 0.3 is 5.97 Å². The van der Waals surface area contributed by atoms with Gasteiger partial charge in [-0.25, -0.2) is 4.98 Å². The zero-order valence-electron chi connectivity index (χ0n) is 7.03. The average Bonchev–Trinajstić information content (AvgIpc) is 2.03. The fourth-order valence-corrected chi connectivity index (χ4v) is 1.04. The number of hydrogen-bond donors (Lipinski definition) is 1. The Kier molecular flexibility index (Phi) is 3.37. The van der Waals surface area contributed by atoms with E-state index in [-0.39, 0.29) is 6.42 Å². The first kappa shape index (κ1) is 9.64. The van der Waals surface area contributed by atoms with E-state index < -0.39 is 11.9 Å². The Labute approximate surface area is 75.2 Å². The molecule has 1 aromatic rings. The minimum atomic E-state index is -0.825. The predicted octanol–water partition coefficient (Wildman–Crippen LogP) is 1.63. The van der Waals surface area contributed by atoms with Crippen LogP contribution < -0.4 is 0 Å². The molecule has 0 aliphatic carbocycles. The highest BCUT2D eigenvalue weighted by molar-refractivity contribution is 5.66. The van der Waals surface area contributed by atoms with E-state index in [9.17, 15) is 9.18 Å². The van der Waals surface area contributed by atoms with Crippen LogP contribution >= 0.6 is 0 Å². The fourth-order valence-electron chi connectivity index (χ4n) is 1.04. The molecule has 0 aliphatic rings. The van der Waals surface area contributed by atoms with Gasteiger partial charge in [0.2, 0.25) is 5.95 Å². The summed E-state index contributed by atoms with van der Waals surface area (Å²) in [5.74, 6) is -1.35. The third kappa shape index (κ3) is 3.64. The topological polar surface area (TPSA) is 50.2 Å². The third-order valence-electron chi connectivity index (χ3n) is 1.65. The molecule has 0 bridgehead atoms. The van der Waals surface area contributed by atoms with Gasteiger partial charge in [-0.2, -0.15) is 4.39 Å². The van der Waals surface area contributed by atoms with Crippen LogP contribution in [0.3, 0.4) is 0 Å². The summed E-state index contributed by atoms with van der Waals surface area (Å²) in [5, 5.41) is 8.36. The number of aliphatic carboxylic acids is 1. The highest BCUT2D eigenvalue weighted by Crippen LogP contribution is 2.05. The van der Waals surface area contributed by atoms with Gasteiger partial charge in [-0.15, -0.1) is 0 Å². The molecule has 0 fully saturated rings. The van der Waals surface area contributed by atoms with Gasteiger partial charge in [-0.05, 0) is 30.5 Å². The van der Waals surface area contributed by atoms with Gasteiger partial charge in [-0.3, -0.25) is 4.79 Å². The van der Waals surface area contributed by atoms with Crippen molar-refractivity contribution in [3.05, 3.63) is 29.8 Å². The summed E-state index contributed by atoms with van der Waals surface area (Å²) >= 11 is 0. The van der Waals surface area contributed by atoms with Crippen LogP contribution in [-0.4, -0.2) is 16.1 Å². The van der Waals surface area contributed by atoms with Crippen LogP contribution in [0.5, 0.6) is 0 Å². The van der Waals surface area contributed by atoms with Crippen LogP contribution in [0.2, 0.25) is 0 Å². The lowest BCUT2D eigenvalue weighted by molar-refractivity contribution is -0.137. The van der Waals surface area contributed by atoms with E-state index in [1.165, 1.54) is 12.3 Å². The number of aryl methyl sites for hydroxylation is 1. The first-order valence-corrected chi connectivity index (χ1v) is 4.00. The summed E-state index contributed by atoms with van der Waals surface area (Å²) < 4.78 is 12.5. The molecule has 1 aromatic heterocycles. The lowest BCUT2D eigenvalue weighted by Gasteiger charge is -1.98. The first-order chi connectivity index (χ1) is 6.18. The molecule has 0 aromatic carbocycles. The normalized spacial score (nSPS) is 9.92. The SMILES string of the molecule is O=C(O)CCCc1ccnc(F)c1. The van der Waals surface area contributed by atoms with Crippen molar-refractivity contribution in [3.8, 4) is 0 Å². The highest BCUT2D eigenvalue weighted by atomic mass is 19.1. The average molecular weight is 183 g/mol. The molecule has 0 radical (unpaired) electrons. The van der Waals surface area contributed by atoms with E-state index in [2.05, 4.69) is 4.98 Å². The third-order valence-corrected chi connectivity index (χ3v) is 1.65. The van der Waals surface area contributed by atoms with Crippen molar-refractivity contribution in [1.29, 1.82) is 0 Å². The Morgan fingerprint density at radius 3 is 3.00 bits per heavy atom. The van der Waals surface area contributed by atoms with E-state index in [0.717, 1.165) is 5.56 Å². The van der Waals surface area contributed by atoms with E-state index in [1.54, 1.807) is 6.07 Å². The summed E-state index contributed by atoms with van der Waals surface area (Å²) in [6.45, 7) is 0. The van der Waals surface area contributed by atoms with Crippen LogP contribution in [0.4, 0.5) is 4.39 Å². The summed E-state index contributed by atoms with van der Waals surface area (Å²) in [6.07, 6.45) is 2.60. The van der Waals surface area contributed by atoms with E-state index >= 15 is 0 Å². The van der Waals surface area contributed by atoms with Crippen molar-refractivity contribution < 1.29 is 14.3 Å². The Morgan fingerprint density at radius 2 is 2.38 bits per heavy atom. The van der Waals surface area contributed by atoms with E-state index in [4.69, 9.17) is 5.11 Å². The van der Waals surface area contributed by atoms with Gasteiger partial charge in [0.15, 0.2) is 0 Å². The first-order valence-electron chi connectivity index (χ1n) is 4.00. The van der Waals surface area contributed by atoms with Crippen molar-refractivity contribution in [1.82, 2.24) is 4.98 Å². The Morgan fingerprint density at radius 1 is 1.62 bits per heavy atom. The van der Waals surface area contributed by atoms with Gasteiger partial charge < -0.3 is 5.11 Å². The summed E-state index contributed by atoms with van der Waals surface area (Å²) in [5.41, 5.74) is 0.786. The number of carbonyl (C=O) groups is 1. The van der Waals surface area contributed by atoms with Gasteiger partial charge in [-0.1, -0.05) is 0 Å². The molecule has 0 unspecified atom stereocenters. The minimum absolute atomic E-state index is 0.115. The van der Waals surface area contributed by atoms with Crippen LogP contribution in [0.1, 0.15) is 18.4 Å².